The van der Waals surface area contributed by atoms with Crippen molar-refractivity contribution in [2.24, 2.45) is 0 Å². The van der Waals surface area contributed by atoms with Crippen LogP contribution in [0.2, 0.25) is 0 Å². The SMILES string of the molecule is C=C(C)c1cn([C@H]2C[C@H](OC(=O)c3ccc(C)cc3)[C@@H](COC(=O)c3ccc(C)cc3)O2)c(=O)[nH]c1=O. The highest BCUT2D eigenvalue weighted by atomic mass is 16.6. The number of aryl methyl sites for hydroxylation is 2. The van der Waals surface area contributed by atoms with Crippen molar-refractivity contribution >= 4 is 17.5 Å². The molecule has 2 heterocycles. The minimum absolute atomic E-state index is 0.103. The second-order valence-electron chi connectivity index (χ2n) is 9.13. The van der Waals surface area contributed by atoms with Crippen molar-refractivity contribution in [1.82, 2.24) is 9.55 Å². The Hall–Kier alpha value is -4.24. The maximum atomic E-state index is 12.8. The number of allylic oxidation sites excluding steroid dienone is 1. The molecule has 0 bridgehead atoms. The van der Waals surface area contributed by atoms with Crippen molar-refractivity contribution in [2.75, 3.05) is 6.61 Å². The van der Waals surface area contributed by atoms with Crippen LogP contribution in [0.15, 0.2) is 70.9 Å². The summed E-state index contributed by atoms with van der Waals surface area (Å²) in [7, 11) is 0. The first kappa shape index (κ1) is 25.8. The summed E-state index contributed by atoms with van der Waals surface area (Å²) >= 11 is 0. The predicted molar refractivity (Wildman–Crippen MR) is 136 cm³/mol. The van der Waals surface area contributed by atoms with Gasteiger partial charge in [0.1, 0.15) is 25.0 Å². The van der Waals surface area contributed by atoms with E-state index in [9.17, 15) is 19.2 Å². The van der Waals surface area contributed by atoms with Gasteiger partial charge in [-0.1, -0.05) is 42.0 Å². The number of carbonyl (C=O) groups excluding carboxylic acids is 2. The minimum Gasteiger partial charge on any atom is -0.459 e. The molecule has 0 aliphatic carbocycles. The second kappa shape index (κ2) is 10.8. The van der Waals surface area contributed by atoms with Gasteiger partial charge in [-0.2, -0.15) is 0 Å². The van der Waals surface area contributed by atoms with Gasteiger partial charge in [-0.25, -0.2) is 14.4 Å². The smallest absolute Gasteiger partial charge is 0.338 e. The van der Waals surface area contributed by atoms with Gasteiger partial charge in [0.15, 0.2) is 0 Å². The minimum atomic E-state index is -0.874. The van der Waals surface area contributed by atoms with E-state index in [4.69, 9.17) is 14.2 Å². The highest BCUT2D eigenvalue weighted by molar-refractivity contribution is 5.90. The molecule has 1 aliphatic heterocycles. The Kier molecular flexibility index (Phi) is 7.54. The summed E-state index contributed by atoms with van der Waals surface area (Å²) in [6.45, 7) is 9.03. The van der Waals surface area contributed by atoms with Crippen molar-refractivity contribution in [3.05, 3.63) is 110 Å². The van der Waals surface area contributed by atoms with Gasteiger partial charge < -0.3 is 14.2 Å². The van der Waals surface area contributed by atoms with E-state index in [1.54, 1.807) is 55.5 Å². The van der Waals surface area contributed by atoms with E-state index in [-0.39, 0.29) is 18.6 Å². The van der Waals surface area contributed by atoms with Crippen LogP contribution in [0.1, 0.15) is 57.0 Å². The van der Waals surface area contributed by atoms with Gasteiger partial charge in [0, 0.05) is 12.6 Å². The van der Waals surface area contributed by atoms with Crippen molar-refractivity contribution in [1.29, 1.82) is 0 Å². The first-order valence-corrected chi connectivity index (χ1v) is 11.8. The third-order valence-electron chi connectivity index (χ3n) is 6.13. The highest BCUT2D eigenvalue weighted by Crippen LogP contribution is 2.31. The molecular formula is C28H28N2O7. The number of nitrogens with one attached hydrogen (secondary N) is 1. The molecule has 1 N–H and O–H groups in total. The number of carbonyl (C=O) groups is 2. The monoisotopic (exact) mass is 504 g/mol. The van der Waals surface area contributed by atoms with Crippen LogP contribution in [0.4, 0.5) is 0 Å². The number of esters is 2. The molecule has 37 heavy (non-hydrogen) atoms. The predicted octanol–water partition coefficient (Wildman–Crippen LogP) is 3.56. The Balaban J connectivity index is 1.57. The van der Waals surface area contributed by atoms with Crippen LogP contribution in [0.3, 0.4) is 0 Å². The molecule has 0 saturated carbocycles. The molecule has 0 amide bonds. The van der Waals surface area contributed by atoms with E-state index >= 15 is 0 Å². The van der Waals surface area contributed by atoms with Crippen LogP contribution in [0.25, 0.3) is 5.57 Å². The summed E-state index contributed by atoms with van der Waals surface area (Å²) in [6.07, 6.45) is -1.07. The van der Waals surface area contributed by atoms with Crippen LogP contribution in [0, 0.1) is 13.8 Å². The number of ether oxygens (including phenoxy) is 3. The molecule has 9 heteroatoms. The average molecular weight is 505 g/mol. The number of aromatic nitrogens is 2. The van der Waals surface area contributed by atoms with Gasteiger partial charge in [0.05, 0.1) is 16.7 Å². The maximum absolute atomic E-state index is 12.8. The number of nitrogens with zero attached hydrogens (tertiary/aromatic N) is 1. The number of H-pyrrole nitrogens is 1. The Morgan fingerprint density at radius 1 is 1.00 bits per heavy atom. The van der Waals surface area contributed by atoms with Gasteiger partial charge in [-0.3, -0.25) is 14.3 Å². The van der Waals surface area contributed by atoms with E-state index in [2.05, 4.69) is 11.6 Å². The molecule has 0 radical (unpaired) electrons. The Morgan fingerprint density at radius 3 is 2.14 bits per heavy atom. The van der Waals surface area contributed by atoms with Gasteiger partial charge in [0.25, 0.3) is 5.56 Å². The summed E-state index contributed by atoms with van der Waals surface area (Å²) in [6, 6.07) is 13.8. The lowest BCUT2D eigenvalue weighted by atomic mass is 10.1. The molecule has 1 aromatic heterocycles. The fourth-order valence-corrected chi connectivity index (χ4v) is 3.97. The quantitative estimate of drug-likeness (QED) is 0.489. The standard InChI is InChI=1S/C28H28N2O7/c1-16(2)21-14-30(28(34)29-25(21)31)24-13-22(37-27(33)20-11-7-18(4)8-12-20)23(36-24)15-35-26(32)19-9-5-17(3)6-10-19/h5-12,14,22-24H,1,13,15H2,2-4H3,(H,29,31,34)/t22-,23+,24+/m0/s1. The Morgan fingerprint density at radius 2 is 1.57 bits per heavy atom. The third-order valence-corrected chi connectivity index (χ3v) is 6.13. The van der Waals surface area contributed by atoms with E-state index in [0.29, 0.717) is 16.7 Å². The molecule has 1 saturated heterocycles. The van der Waals surface area contributed by atoms with Gasteiger partial charge in [-0.05, 0) is 50.6 Å². The lowest BCUT2D eigenvalue weighted by molar-refractivity contribution is -0.0582. The first-order valence-electron chi connectivity index (χ1n) is 11.8. The summed E-state index contributed by atoms with van der Waals surface area (Å²) in [5.74, 6) is -1.12. The van der Waals surface area contributed by atoms with Crippen LogP contribution >= 0.6 is 0 Å². The zero-order valence-electron chi connectivity index (χ0n) is 20.9. The third kappa shape index (κ3) is 5.95. The molecule has 0 unspecified atom stereocenters. The van der Waals surface area contributed by atoms with E-state index in [0.717, 1.165) is 11.1 Å². The topological polar surface area (TPSA) is 117 Å². The maximum Gasteiger partial charge on any atom is 0.338 e. The van der Waals surface area contributed by atoms with Gasteiger partial charge in [-0.15, -0.1) is 0 Å². The molecule has 0 spiro atoms. The van der Waals surface area contributed by atoms with E-state index in [1.807, 2.05) is 13.8 Å². The van der Waals surface area contributed by atoms with Gasteiger partial charge >= 0.3 is 17.6 Å². The Bertz CT molecular complexity index is 1440. The zero-order valence-corrected chi connectivity index (χ0v) is 20.9. The number of aromatic amines is 1. The number of hydrogen-bond acceptors (Lipinski definition) is 7. The summed E-state index contributed by atoms with van der Waals surface area (Å²) in [4.78, 5) is 52.4. The fraction of sp³-hybridized carbons (Fsp3) is 0.286. The lowest BCUT2D eigenvalue weighted by Gasteiger charge is -2.19. The molecule has 1 aliphatic rings. The van der Waals surface area contributed by atoms with Crippen molar-refractivity contribution in [3.8, 4) is 0 Å². The fourth-order valence-electron chi connectivity index (χ4n) is 3.97. The first-order chi connectivity index (χ1) is 17.6. The second-order valence-corrected chi connectivity index (χ2v) is 9.13. The van der Waals surface area contributed by atoms with Crippen LogP contribution in [-0.4, -0.2) is 40.3 Å². The molecule has 3 aromatic rings. The van der Waals surface area contributed by atoms with Crippen molar-refractivity contribution in [3.63, 3.8) is 0 Å². The van der Waals surface area contributed by atoms with Crippen molar-refractivity contribution < 1.29 is 23.8 Å². The normalized spacial score (nSPS) is 18.8. The summed E-state index contributed by atoms with van der Waals surface area (Å²) < 4.78 is 18.5. The van der Waals surface area contributed by atoms with Crippen LogP contribution in [0.5, 0.6) is 0 Å². The molecule has 3 atom stereocenters. The van der Waals surface area contributed by atoms with Crippen molar-refractivity contribution in [2.45, 2.75) is 45.6 Å². The molecular weight excluding hydrogens is 476 g/mol. The lowest BCUT2D eigenvalue weighted by Crippen LogP contribution is -2.34. The molecule has 1 fully saturated rings. The summed E-state index contributed by atoms with van der Waals surface area (Å²) in [5, 5.41) is 0. The number of benzene rings is 2. The molecule has 192 valence electrons. The average Bonchev–Trinajstić information content (AvgIpc) is 3.25. The molecule has 9 nitrogen and oxygen atoms in total. The molecule has 4 rings (SSSR count). The highest BCUT2D eigenvalue weighted by Gasteiger charge is 2.40. The number of rotatable bonds is 7. The zero-order chi connectivity index (χ0) is 26.7. The largest absolute Gasteiger partial charge is 0.459 e. The Labute approximate surface area is 213 Å². The van der Waals surface area contributed by atoms with Crippen LogP contribution < -0.4 is 11.2 Å². The van der Waals surface area contributed by atoms with Crippen LogP contribution in [-0.2, 0) is 14.2 Å². The number of hydrogen-bond donors (Lipinski definition) is 1. The van der Waals surface area contributed by atoms with Gasteiger partial charge in [0.2, 0.25) is 0 Å². The summed E-state index contributed by atoms with van der Waals surface area (Å²) in [5.41, 5.74) is 2.18. The van der Waals surface area contributed by atoms with E-state index < -0.39 is 41.6 Å². The van der Waals surface area contributed by atoms with E-state index in [1.165, 1.54) is 10.8 Å². The molecule has 2 aromatic carbocycles.